The molecule has 0 spiro atoms. The van der Waals surface area contributed by atoms with Gasteiger partial charge < -0.3 is 14.8 Å². The fraction of sp³-hybridized carbons (Fsp3) is 0.235. The van der Waals surface area contributed by atoms with Crippen LogP contribution in [0.15, 0.2) is 81.1 Å². The van der Waals surface area contributed by atoms with Gasteiger partial charge in [0.2, 0.25) is 0 Å². The van der Waals surface area contributed by atoms with E-state index >= 15 is 4.39 Å². The van der Waals surface area contributed by atoms with Gasteiger partial charge in [-0.2, -0.15) is 0 Å². The molecule has 10 nitrogen and oxygen atoms in total. The number of aryl methyl sites for hydroxylation is 2. The SMILES string of the molecule is CC.COC(=O)c1cccc(Nc2c(C)c(=O)n(C)c3c2c(=O)n(Cc2ccc(OC)cc2)c(=O)n3-c2ccc(C)cc2F)c1. The number of hydrogen-bond acceptors (Lipinski definition) is 7. The minimum atomic E-state index is -0.825. The molecular formula is C34H35FN4O6. The molecular weight excluding hydrogens is 579 g/mol. The Morgan fingerprint density at radius 1 is 0.911 bits per heavy atom. The van der Waals surface area contributed by atoms with Crippen LogP contribution in [0.1, 0.15) is 40.9 Å². The van der Waals surface area contributed by atoms with Crippen molar-refractivity contribution >= 4 is 28.4 Å². The molecule has 11 heteroatoms. The second kappa shape index (κ2) is 13.5. The predicted octanol–water partition coefficient (Wildman–Crippen LogP) is 5.22. The number of nitrogens with one attached hydrogen (secondary N) is 1. The first-order valence-electron chi connectivity index (χ1n) is 14.3. The van der Waals surface area contributed by atoms with Crippen molar-refractivity contribution < 1.29 is 18.7 Å². The number of aromatic nitrogens is 3. The third-order valence-electron chi connectivity index (χ3n) is 7.28. The largest absolute Gasteiger partial charge is 0.497 e. The summed E-state index contributed by atoms with van der Waals surface area (Å²) in [7, 11) is 4.21. The summed E-state index contributed by atoms with van der Waals surface area (Å²) in [6, 6.07) is 17.5. The zero-order chi connectivity index (χ0) is 33.0. The lowest BCUT2D eigenvalue weighted by molar-refractivity contribution is 0.0600. The standard InChI is InChI=1S/C32H29FN4O6.C2H6/c1-18-9-14-25(24(33)15-18)37-28-26(30(39)36(32(37)41)17-20-10-12-23(42-4)13-11-20)27(19(2)29(38)35(28)3)34-22-8-6-7-21(16-22)31(40)43-5;1-2/h6-16,34H,17H2,1-5H3;1-2H3. The number of carbonyl (C=O) groups is 1. The molecule has 2 aromatic heterocycles. The molecule has 234 valence electrons. The zero-order valence-corrected chi connectivity index (χ0v) is 26.2. The topological polar surface area (TPSA) is 114 Å². The van der Waals surface area contributed by atoms with Crippen LogP contribution in [0.4, 0.5) is 15.8 Å². The van der Waals surface area contributed by atoms with Gasteiger partial charge in [0, 0.05) is 18.3 Å². The Morgan fingerprint density at radius 3 is 2.22 bits per heavy atom. The molecule has 0 aliphatic heterocycles. The molecule has 0 radical (unpaired) electrons. The normalized spacial score (nSPS) is 10.7. The molecule has 0 saturated carbocycles. The van der Waals surface area contributed by atoms with Gasteiger partial charge in [0.15, 0.2) is 0 Å². The van der Waals surface area contributed by atoms with Crippen LogP contribution in [0, 0.1) is 19.7 Å². The fourth-order valence-electron chi connectivity index (χ4n) is 5.02. The van der Waals surface area contributed by atoms with Crippen molar-refractivity contribution in [3.63, 3.8) is 0 Å². The Labute approximate surface area is 258 Å². The number of fused-ring (bicyclic) bond motifs is 1. The first-order valence-corrected chi connectivity index (χ1v) is 14.3. The quantitative estimate of drug-likeness (QED) is 0.250. The van der Waals surface area contributed by atoms with E-state index in [1.807, 2.05) is 13.8 Å². The number of nitrogens with zero attached hydrogens (tertiary/aromatic N) is 3. The average molecular weight is 615 g/mol. The van der Waals surface area contributed by atoms with Gasteiger partial charge in [-0.1, -0.05) is 38.1 Å². The monoisotopic (exact) mass is 614 g/mol. The maximum atomic E-state index is 15.5. The molecule has 0 aliphatic rings. The van der Waals surface area contributed by atoms with E-state index in [1.54, 1.807) is 62.4 Å². The second-order valence-corrected chi connectivity index (χ2v) is 10.1. The number of rotatable bonds is 7. The molecule has 0 unspecified atom stereocenters. The van der Waals surface area contributed by atoms with Crippen LogP contribution in [0.2, 0.25) is 0 Å². The number of ether oxygens (including phenoxy) is 2. The summed E-state index contributed by atoms with van der Waals surface area (Å²) in [6.45, 7) is 7.12. The van der Waals surface area contributed by atoms with Crippen molar-refractivity contribution in [3.8, 4) is 11.4 Å². The van der Waals surface area contributed by atoms with Crippen molar-refractivity contribution in [1.29, 1.82) is 0 Å². The highest BCUT2D eigenvalue weighted by molar-refractivity contribution is 5.95. The van der Waals surface area contributed by atoms with E-state index in [0.29, 0.717) is 22.6 Å². The summed E-state index contributed by atoms with van der Waals surface area (Å²) in [5.41, 5.74) is -0.0521. The number of esters is 1. The van der Waals surface area contributed by atoms with Crippen molar-refractivity contribution in [2.24, 2.45) is 7.05 Å². The number of methoxy groups -OCH3 is 2. The lowest BCUT2D eigenvalue weighted by Crippen LogP contribution is -2.42. The number of anilines is 2. The lowest BCUT2D eigenvalue weighted by atomic mass is 10.1. The van der Waals surface area contributed by atoms with Gasteiger partial charge in [-0.25, -0.2) is 18.5 Å². The highest BCUT2D eigenvalue weighted by atomic mass is 19.1. The lowest BCUT2D eigenvalue weighted by Gasteiger charge is -2.21. The van der Waals surface area contributed by atoms with Crippen LogP contribution in [0.3, 0.4) is 0 Å². The van der Waals surface area contributed by atoms with E-state index in [0.717, 1.165) is 9.13 Å². The van der Waals surface area contributed by atoms with E-state index in [9.17, 15) is 19.2 Å². The first kappa shape index (κ1) is 32.5. The molecule has 1 N–H and O–H groups in total. The summed E-state index contributed by atoms with van der Waals surface area (Å²) in [5, 5.41) is 3.09. The van der Waals surface area contributed by atoms with E-state index < -0.39 is 28.6 Å². The number of pyridine rings is 1. The molecule has 0 aliphatic carbocycles. The Balaban J connectivity index is 0.00000226. The maximum Gasteiger partial charge on any atom is 0.337 e. The van der Waals surface area contributed by atoms with Gasteiger partial charge >= 0.3 is 11.7 Å². The van der Waals surface area contributed by atoms with E-state index in [1.165, 1.54) is 44.0 Å². The van der Waals surface area contributed by atoms with Crippen molar-refractivity contribution in [3.05, 3.63) is 126 Å². The van der Waals surface area contributed by atoms with Gasteiger partial charge in [-0.3, -0.25) is 18.7 Å². The molecule has 2 heterocycles. The Morgan fingerprint density at radius 2 is 1.60 bits per heavy atom. The molecule has 0 bridgehead atoms. The molecule has 3 aromatic carbocycles. The molecule has 0 atom stereocenters. The van der Waals surface area contributed by atoms with Crippen LogP contribution in [0.25, 0.3) is 16.7 Å². The van der Waals surface area contributed by atoms with Crippen LogP contribution < -0.4 is 26.9 Å². The molecule has 0 saturated heterocycles. The maximum absolute atomic E-state index is 15.5. The van der Waals surface area contributed by atoms with Crippen LogP contribution in [0.5, 0.6) is 5.75 Å². The van der Waals surface area contributed by atoms with Crippen molar-refractivity contribution in [2.45, 2.75) is 34.2 Å². The number of carbonyl (C=O) groups excluding carboxylic acids is 1. The second-order valence-electron chi connectivity index (χ2n) is 10.1. The Kier molecular flexibility index (Phi) is 9.71. The molecule has 5 rings (SSSR count). The van der Waals surface area contributed by atoms with Crippen molar-refractivity contribution in [2.75, 3.05) is 19.5 Å². The highest BCUT2D eigenvalue weighted by Crippen LogP contribution is 2.28. The van der Waals surface area contributed by atoms with Crippen LogP contribution >= 0.6 is 0 Å². The van der Waals surface area contributed by atoms with Gasteiger partial charge in [0.25, 0.3) is 11.1 Å². The number of benzene rings is 3. The summed E-state index contributed by atoms with van der Waals surface area (Å²) in [5.74, 6) is -0.675. The minimum Gasteiger partial charge on any atom is -0.497 e. The molecule has 0 amide bonds. The summed E-state index contributed by atoms with van der Waals surface area (Å²) in [4.78, 5) is 54.0. The van der Waals surface area contributed by atoms with E-state index in [4.69, 9.17) is 9.47 Å². The summed E-state index contributed by atoms with van der Waals surface area (Å²) >= 11 is 0. The third kappa shape index (κ3) is 6.14. The fourth-order valence-corrected chi connectivity index (χ4v) is 5.02. The third-order valence-corrected chi connectivity index (χ3v) is 7.28. The van der Waals surface area contributed by atoms with Crippen LogP contribution in [-0.4, -0.2) is 33.9 Å². The first-order chi connectivity index (χ1) is 21.5. The Hall–Kier alpha value is -5.45. The smallest absolute Gasteiger partial charge is 0.337 e. The average Bonchev–Trinajstić information content (AvgIpc) is 3.05. The zero-order valence-electron chi connectivity index (χ0n) is 26.2. The Bertz CT molecular complexity index is 2080. The minimum absolute atomic E-state index is 0.0174. The van der Waals surface area contributed by atoms with Crippen molar-refractivity contribution in [1.82, 2.24) is 13.7 Å². The summed E-state index contributed by atoms with van der Waals surface area (Å²) in [6.07, 6.45) is 0. The molecule has 45 heavy (non-hydrogen) atoms. The van der Waals surface area contributed by atoms with Gasteiger partial charge in [0.1, 0.15) is 22.6 Å². The predicted molar refractivity (Wildman–Crippen MR) is 173 cm³/mol. The highest BCUT2D eigenvalue weighted by Gasteiger charge is 2.25. The van der Waals surface area contributed by atoms with Crippen LogP contribution in [-0.2, 0) is 18.3 Å². The van der Waals surface area contributed by atoms with Gasteiger partial charge in [0.05, 0.1) is 37.7 Å². The molecule has 0 fully saturated rings. The summed E-state index contributed by atoms with van der Waals surface area (Å²) < 4.78 is 28.7. The van der Waals surface area contributed by atoms with E-state index in [-0.39, 0.29) is 40.1 Å². The van der Waals surface area contributed by atoms with Gasteiger partial charge in [-0.15, -0.1) is 0 Å². The number of hydrogen-bond donors (Lipinski definition) is 1. The van der Waals surface area contributed by atoms with E-state index in [2.05, 4.69) is 5.32 Å². The van der Waals surface area contributed by atoms with Gasteiger partial charge in [-0.05, 0) is 67.4 Å². The number of halogens is 1. The molecule has 5 aromatic rings.